The average Bonchev–Trinajstić information content (AvgIpc) is 2.98. The van der Waals surface area contributed by atoms with Gasteiger partial charge in [0.15, 0.2) is 12.4 Å². The minimum Gasteiger partial charge on any atom is -0.465 e. The van der Waals surface area contributed by atoms with Crippen molar-refractivity contribution in [2.24, 2.45) is 0 Å². The molecule has 13 heteroatoms. The molecule has 10 atom stereocenters. The standard InChI is InChI=1S/C30H44O13/c1-14(2)6-8-16-10-18(28(38)39-5)11-17(9-7-15(3)4)26(16)42-30-27(24(36)22(34)20(13-32)41-30)43-29-25(37)23(35)21(33)19(12-31)40-29/h6-7,10-11,19-25,27,29-37H,8-9,12-13H2,1-5H3/t19-,20-,21-,22-,23+,24+,25-,27-,29+,30+/m1/s1. The second-order valence-corrected chi connectivity index (χ2v) is 11.2. The van der Waals surface area contributed by atoms with Crippen molar-refractivity contribution in [2.45, 2.75) is 102 Å². The largest absolute Gasteiger partial charge is 0.465 e. The fraction of sp³-hybridized carbons (Fsp3) is 0.633. The molecule has 13 nitrogen and oxygen atoms in total. The van der Waals surface area contributed by atoms with Crippen LogP contribution in [0.25, 0.3) is 0 Å². The number of benzene rings is 1. The van der Waals surface area contributed by atoms with Gasteiger partial charge in [0.25, 0.3) is 0 Å². The van der Waals surface area contributed by atoms with Crippen LogP contribution in [-0.4, -0.2) is 123 Å². The van der Waals surface area contributed by atoms with Gasteiger partial charge >= 0.3 is 5.97 Å². The summed E-state index contributed by atoms with van der Waals surface area (Å²) in [5, 5.41) is 72.1. The predicted molar refractivity (Wildman–Crippen MR) is 151 cm³/mol. The molecule has 7 N–H and O–H groups in total. The van der Waals surface area contributed by atoms with Gasteiger partial charge in [-0.1, -0.05) is 23.3 Å². The van der Waals surface area contributed by atoms with E-state index in [0.29, 0.717) is 24.0 Å². The van der Waals surface area contributed by atoms with E-state index in [-0.39, 0.29) is 11.3 Å². The van der Waals surface area contributed by atoms with Crippen LogP contribution >= 0.6 is 0 Å². The fourth-order valence-electron chi connectivity index (χ4n) is 4.82. The number of hydrogen-bond donors (Lipinski definition) is 7. The molecule has 0 radical (unpaired) electrons. The molecule has 0 amide bonds. The molecule has 0 bridgehead atoms. The topological polar surface area (TPSA) is 205 Å². The lowest BCUT2D eigenvalue weighted by Crippen LogP contribution is -2.65. The summed E-state index contributed by atoms with van der Waals surface area (Å²) in [4.78, 5) is 12.5. The molecular weight excluding hydrogens is 568 g/mol. The van der Waals surface area contributed by atoms with Crippen molar-refractivity contribution in [1.82, 2.24) is 0 Å². The van der Waals surface area contributed by atoms with E-state index in [0.717, 1.165) is 11.1 Å². The van der Waals surface area contributed by atoms with Crippen molar-refractivity contribution in [2.75, 3.05) is 20.3 Å². The Hall–Kier alpha value is -2.43. The Kier molecular flexibility index (Phi) is 12.7. The molecule has 3 rings (SSSR count). The third-order valence-corrected chi connectivity index (χ3v) is 7.32. The SMILES string of the molecule is COC(=O)c1cc(CC=C(C)C)c(O[C@@H]2O[C@H](CO)[C@@H](O)[C@H](O)[C@H]2O[C@@H]2O[C@H](CO)[C@@H](O)[C@H](O)[C@H]2O)c(CC=C(C)C)c1. The first-order valence-electron chi connectivity index (χ1n) is 14.1. The van der Waals surface area contributed by atoms with Gasteiger partial charge in [0.1, 0.15) is 48.5 Å². The summed E-state index contributed by atoms with van der Waals surface area (Å²) in [6.07, 6.45) is -11.4. The number of hydrogen-bond acceptors (Lipinski definition) is 13. The Balaban J connectivity index is 2.09. The van der Waals surface area contributed by atoms with E-state index in [2.05, 4.69) is 0 Å². The number of esters is 1. The highest BCUT2D eigenvalue weighted by atomic mass is 16.8. The van der Waals surface area contributed by atoms with E-state index in [4.69, 9.17) is 23.7 Å². The zero-order valence-electron chi connectivity index (χ0n) is 25.0. The second kappa shape index (κ2) is 15.5. The molecule has 2 heterocycles. The highest BCUT2D eigenvalue weighted by Crippen LogP contribution is 2.35. The minimum atomic E-state index is -1.81. The number of allylic oxidation sites excluding steroid dienone is 4. The van der Waals surface area contributed by atoms with Crippen LogP contribution in [0.3, 0.4) is 0 Å². The van der Waals surface area contributed by atoms with Crippen LogP contribution in [0.2, 0.25) is 0 Å². The van der Waals surface area contributed by atoms with Crippen molar-refractivity contribution in [1.29, 1.82) is 0 Å². The third-order valence-electron chi connectivity index (χ3n) is 7.32. The first kappa shape index (κ1) is 35.1. The lowest BCUT2D eigenvalue weighted by Gasteiger charge is -2.46. The lowest BCUT2D eigenvalue weighted by molar-refractivity contribution is -0.358. The Morgan fingerprint density at radius 2 is 1.26 bits per heavy atom. The average molecular weight is 613 g/mol. The van der Waals surface area contributed by atoms with E-state index in [9.17, 15) is 40.5 Å². The zero-order valence-corrected chi connectivity index (χ0v) is 25.0. The van der Waals surface area contributed by atoms with Gasteiger partial charge in [0.05, 0.1) is 25.9 Å². The molecule has 242 valence electrons. The van der Waals surface area contributed by atoms with Gasteiger partial charge in [-0.15, -0.1) is 0 Å². The summed E-state index contributed by atoms with van der Waals surface area (Å²) in [6, 6.07) is 3.22. The summed E-state index contributed by atoms with van der Waals surface area (Å²) in [7, 11) is 1.27. The highest BCUT2D eigenvalue weighted by Gasteiger charge is 2.51. The first-order valence-corrected chi connectivity index (χ1v) is 14.1. The number of methoxy groups -OCH3 is 1. The van der Waals surface area contributed by atoms with Crippen molar-refractivity contribution < 1.29 is 64.2 Å². The van der Waals surface area contributed by atoms with Crippen molar-refractivity contribution in [3.63, 3.8) is 0 Å². The van der Waals surface area contributed by atoms with Crippen LogP contribution in [0.1, 0.15) is 49.2 Å². The normalized spacial score (nSPS) is 32.6. The third kappa shape index (κ3) is 8.39. The van der Waals surface area contributed by atoms with Crippen molar-refractivity contribution >= 4 is 5.97 Å². The van der Waals surface area contributed by atoms with E-state index in [1.807, 2.05) is 39.8 Å². The van der Waals surface area contributed by atoms with E-state index >= 15 is 0 Å². The zero-order chi connectivity index (χ0) is 32.0. The van der Waals surface area contributed by atoms with E-state index < -0.39 is 80.6 Å². The molecule has 0 saturated carbocycles. The van der Waals surface area contributed by atoms with Crippen LogP contribution < -0.4 is 4.74 Å². The van der Waals surface area contributed by atoms with Gasteiger partial charge in [0.2, 0.25) is 6.29 Å². The monoisotopic (exact) mass is 612 g/mol. The number of aliphatic hydroxyl groups is 7. The molecule has 0 aliphatic carbocycles. The van der Waals surface area contributed by atoms with Gasteiger partial charge in [-0.05, 0) is 63.8 Å². The summed E-state index contributed by atoms with van der Waals surface area (Å²) >= 11 is 0. The van der Waals surface area contributed by atoms with Crippen molar-refractivity contribution in [3.05, 3.63) is 52.1 Å². The summed E-state index contributed by atoms with van der Waals surface area (Å²) in [5.41, 5.74) is 3.41. The van der Waals surface area contributed by atoms with Gasteiger partial charge in [-0.25, -0.2) is 4.79 Å². The van der Waals surface area contributed by atoms with Crippen LogP contribution in [0.5, 0.6) is 5.75 Å². The molecule has 2 saturated heterocycles. The van der Waals surface area contributed by atoms with Crippen LogP contribution in [0.15, 0.2) is 35.4 Å². The fourth-order valence-corrected chi connectivity index (χ4v) is 4.82. The smallest absolute Gasteiger partial charge is 0.337 e. The first-order chi connectivity index (χ1) is 20.3. The maximum atomic E-state index is 12.5. The molecule has 2 fully saturated rings. The van der Waals surface area contributed by atoms with Gasteiger partial charge in [0, 0.05) is 0 Å². The molecule has 43 heavy (non-hydrogen) atoms. The predicted octanol–water partition coefficient (Wildman–Crippen LogP) is -0.506. The lowest BCUT2D eigenvalue weighted by atomic mass is 9.96. The molecule has 0 unspecified atom stereocenters. The Labute approximate surface area is 250 Å². The molecule has 2 aliphatic heterocycles. The maximum Gasteiger partial charge on any atom is 0.337 e. The minimum absolute atomic E-state index is 0.284. The van der Waals surface area contributed by atoms with Gasteiger partial charge in [-0.3, -0.25) is 0 Å². The van der Waals surface area contributed by atoms with Gasteiger partial charge < -0.3 is 59.4 Å². The van der Waals surface area contributed by atoms with Crippen LogP contribution in [0, 0.1) is 0 Å². The van der Waals surface area contributed by atoms with Crippen LogP contribution in [0.4, 0.5) is 0 Å². The second-order valence-electron chi connectivity index (χ2n) is 11.2. The van der Waals surface area contributed by atoms with Crippen molar-refractivity contribution in [3.8, 4) is 5.75 Å². The quantitative estimate of drug-likeness (QED) is 0.124. The van der Waals surface area contributed by atoms with E-state index in [1.54, 1.807) is 12.1 Å². The molecule has 1 aromatic carbocycles. The molecular formula is C30H44O13. The molecule has 0 aromatic heterocycles. The summed E-state index contributed by atoms with van der Waals surface area (Å²) < 4.78 is 28.4. The number of ether oxygens (including phenoxy) is 5. The Bertz CT molecular complexity index is 1100. The Morgan fingerprint density at radius 3 is 1.72 bits per heavy atom. The summed E-state index contributed by atoms with van der Waals surface area (Å²) in [5.74, 6) is -0.268. The van der Waals surface area contributed by atoms with Gasteiger partial charge in [-0.2, -0.15) is 0 Å². The molecule has 2 aliphatic rings. The molecule has 1 aromatic rings. The molecule has 0 spiro atoms. The number of aliphatic hydroxyl groups excluding tert-OH is 7. The Morgan fingerprint density at radius 1 is 0.767 bits per heavy atom. The number of carbonyl (C=O) groups excluding carboxylic acids is 1. The number of carbonyl (C=O) groups is 1. The number of rotatable bonds is 11. The summed E-state index contributed by atoms with van der Waals surface area (Å²) in [6.45, 7) is 6.25. The van der Waals surface area contributed by atoms with Crippen LogP contribution in [-0.2, 0) is 31.8 Å². The highest BCUT2D eigenvalue weighted by molar-refractivity contribution is 5.90. The van der Waals surface area contributed by atoms with E-state index in [1.165, 1.54) is 7.11 Å². The maximum absolute atomic E-state index is 12.5.